The first-order valence-electron chi connectivity index (χ1n) is 14.2. The lowest BCUT2D eigenvalue weighted by Gasteiger charge is -2.08. The molecule has 15 nitrogen and oxygen atoms in total. The van der Waals surface area contributed by atoms with Gasteiger partial charge in [-0.3, -0.25) is 14.4 Å². The van der Waals surface area contributed by atoms with Crippen molar-refractivity contribution < 1.29 is 58.4 Å². The van der Waals surface area contributed by atoms with Crippen LogP contribution in [0.1, 0.15) is 64.6 Å². The Bertz CT molecular complexity index is 642. The van der Waals surface area contributed by atoms with E-state index in [4.69, 9.17) is 34.9 Å². The predicted molar refractivity (Wildman–Crippen MR) is 172 cm³/mol. The molecule has 15 heteroatoms. The second kappa shape index (κ2) is 49.1. The molecule has 0 aliphatic carbocycles. The van der Waals surface area contributed by atoms with Gasteiger partial charge in [0.2, 0.25) is 17.7 Å². The zero-order valence-electron chi connectivity index (χ0n) is 27.1. The molecule has 264 valence electrons. The smallest absolute Gasteiger partial charge is 0.222 e. The number of ether oxygens (including phenoxy) is 3. The molecule has 0 radical (unpaired) electrons. The van der Waals surface area contributed by atoms with Crippen LogP contribution >= 0.6 is 0 Å². The fourth-order valence-electron chi connectivity index (χ4n) is 1.97. The molecule has 0 saturated heterocycles. The minimum Gasteiger partial charge on any atom is -0.400 e. The van der Waals surface area contributed by atoms with Crippen LogP contribution in [-0.2, 0) is 33.5 Å². The number of amides is 3. The largest absolute Gasteiger partial charge is 0.400 e. The van der Waals surface area contributed by atoms with E-state index in [1.807, 2.05) is 26.3 Å². The Morgan fingerprint density at radius 2 is 1.23 bits per heavy atom. The van der Waals surface area contributed by atoms with Crippen LogP contribution in [0.3, 0.4) is 0 Å². The van der Waals surface area contributed by atoms with Crippen molar-refractivity contribution in [3.8, 4) is 0 Å². The van der Waals surface area contributed by atoms with Gasteiger partial charge < -0.3 is 50.5 Å². The molecule has 0 aromatic rings. The highest BCUT2D eigenvalue weighted by Gasteiger charge is 2.01. The van der Waals surface area contributed by atoms with Crippen LogP contribution in [0, 0.1) is 0 Å². The van der Waals surface area contributed by atoms with Gasteiger partial charge in [0.05, 0.1) is 46.2 Å². The first kappa shape index (κ1) is 50.0. The summed E-state index contributed by atoms with van der Waals surface area (Å²) < 4.78 is 15.5. The number of hydrogen-bond acceptors (Lipinski definition) is 12. The van der Waals surface area contributed by atoms with Crippen molar-refractivity contribution in [2.45, 2.75) is 60.3 Å². The SMILES string of the molecule is C/C=C(\C)OO.C=CC.CCCNC(=O)CC.CO.O=C(CCNO)NCCOCCOCCC(=O)NCCOCCO.[HH].[HH].[HH]. The lowest BCUT2D eigenvalue weighted by Crippen LogP contribution is -2.30. The normalized spacial score (nSPS) is 9.58. The Morgan fingerprint density at radius 3 is 1.63 bits per heavy atom. The Morgan fingerprint density at radius 1 is 0.767 bits per heavy atom. The first-order chi connectivity index (χ1) is 20.7. The van der Waals surface area contributed by atoms with E-state index in [2.05, 4.69) is 27.4 Å². The summed E-state index contributed by atoms with van der Waals surface area (Å²) in [5.74, 6) is 0.384. The second-order valence-electron chi connectivity index (χ2n) is 7.77. The summed E-state index contributed by atoms with van der Waals surface area (Å²) in [6, 6.07) is 0. The van der Waals surface area contributed by atoms with Crippen molar-refractivity contribution in [3.05, 3.63) is 24.5 Å². The number of hydrogen-bond donors (Lipinski definition) is 8. The fourth-order valence-corrected chi connectivity index (χ4v) is 1.97. The molecule has 43 heavy (non-hydrogen) atoms. The quantitative estimate of drug-likeness (QED) is 0.0298. The van der Waals surface area contributed by atoms with Crippen LogP contribution < -0.4 is 21.4 Å². The molecule has 3 amide bonds. The van der Waals surface area contributed by atoms with Crippen LogP contribution in [0.15, 0.2) is 24.5 Å². The van der Waals surface area contributed by atoms with Crippen molar-refractivity contribution in [3.63, 3.8) is 0 Å². The highest BCUT2D eigenvalue weighted by atomic mass is 17.1. The molecule has 0 heterocycles. The summed E-state index contributed by atoms with van der Waals surface area (Å²) in [5.41, 5.74) is 1.90. The van der Waals surface area contributed by atoms with Gasteiger partial charge in [0.25, 0.3) is 0 Å². The maximum Gasteiger partial charge on any atom is 0.222 e. The standard InChI is InChI=1S/C14H29N3O7.C6H13NO.C4H8O2.C3H6.CH4O.3H2/c18-6-10-23-8-4-16-14(20)2-7-22-11-12-24-9-5-15-13(19)1-3-17-21;1-3-5-7-6(8)4-2;1-3-4(2)6-5;1-3-2;1-2;;;/h17-18,21H,1-12H2,(H,15,19)(H,16,20);3-5H2,1-2H3,(H,7,8);3,5H,1-2H3;3H,1H2,2H3;2H,1H3;3*1H/b;;4-3+;;;;;. The van der Waals surface area contributed by atoms with Gasteiger partial charge in [0.15, 0.2) is 0 Å². The number of allylic oxidation sites excluding steroid dienone is 3. The zero-order chi connectivity index (χ0) is 34.0. The Kier molecular flexibility index (Phi) is 57.1. The Labute approximate surface area is 262 Å². The molecule has 0 aromatic heterocycles. The number of carbonyl (C=O) groups is 3. The van der Waals surface area contributed by atoms with Crippen LogP contribution in [0.5, 0.6) is 0 Å². The van der Waals surface area contributed by atoms with Crippen molar-refractivity contribution in [2.24, 2.45) is 0 Å². The van der Waals surface area contributed by atoms with Gasteiger partial charge in [-0.15, -0.1) is 6.58 Å². The van der Waals surface area contributed by atoms with E-state index in [-0.39, 0.29) is 54.6 Å². The highest BCUT2D eigenvalue weighted by molar-refractivity contribution is 5.76. The van der Waals surface area contributed by atoms with E-state index in [0.29, 0.717) is 58.3 Å². The molecule has 0 aromatic carbocycles. The summed E-state index contributed by atoms with van der Waals surface area (Å²) in [6.45, 7) is 16.4. The van der Waals surface area contributed by atoms with Gasteiger partial charge in [-0.25, -0.2) is 10.7 Å². The first-order valence-corrected chi connectivity index (χ1v) is 14.2. The third-order valence-electron chi connectivity index (χ3n) is 4.13. The minimum atomic E-state index is -0.163. The fraction of sp³-hybridized carbons (Fsp3) is 0.750. The molecule has 0 unspecified atom stereocenters. The summed E-state index contributed by atoms with van der Waals surface area (Å²) in [7, 11) is 1.00. The van der Waals surface area contributed by atoms with Crippen molar-refractivity contribution in [1.82, 2.24) is 21.4 Å². The van der Waals surface area contributed by atoms with Gasteiger partial charge in [-0.05, 0) is 33.3 Å². The Balaban J connectivity index is -0.0000000902. The third kappa shape index (κ3) is 59.6. The molecular weight excluding hydrogens is 568 g/mol. The van der Waals surface area contributed by atoms with E-state index in [9.17, 15) is 14.4 Å². The van der Waals surface area contributed by atoms with E-state index in [1.54, 1.807) is 26.0 Å². The molecule has 0 atom stereocenters. The maximum absolute atomic E-state index is 11.4. The van der Waals surface area contributed by atoms with Crippen molar-refractivity contribution >= 4 is 17.7 Å². The molecule has 8 N–H and O–H groups in total. The van der Waals surface area contributed by atoms with Gasteiger partial charge >= 0.3 is 0 Å². The Hall–Kier alpha value is -2.63. The van der Waals surface area contributed by atoms with E-state index in [0.717, 1.165) is 20.1 Å². The molecule has 0 aliphatic rings. The summed E-state index contributed by atoms with van der Waals surface area (Å²) >= 11 is 0. The summed E-state index contributed by atoms with van der Waals surface area (Å²) in [6.07, 6.45) is 5.50. The number of carbonyl (C=O) groups excluding carboxylic acids is 3. The minimum absolute atomic E-state index is 0. The van der Waals surface area contributed by atoms with Gasteiger partial charge in [-0.2, -0.15) is 0 Å². The lowest BCUT2D eigenvalue weighted by atomic mass is 10.4. The summed E-state index contributed by atoms with van der Waals surface area (Å²) in [4.78, 5) is 36.8. The van der Waals surface area contributed by atoms with Crippen molar-refractivity contribution in [2.75, 3.05) is 79.5 Å². The van der Waals surface area contributed by atoms with Gasteiger partial charge in [-0.1, -0.05) is 19.9 Å². The number of aliphatic hydroxyl groups excluding tert-OH is 2. The topological polar surface area (TPSA) is 217 Å². The zero-order valence-corrected chi connectivity index (χ0v) is 27.1. The van der Waals surface area contributed by atoms with Crippen LogP contribution in [0.4, 0.5) is 0 Å². The average molecular weight is 635 g/mol. The molecular formula is C28H66N4O11. The van der Waals surface area contributed by atoms with Gasteiger partial charge in [0.1, 0.15) is 5.76 Å². The number of rotatable bonds is 21. The van der Waals surface area contributed by atoms with Crippen molar-refractivity contribution in [1.29, 1.82) is 0 Å². The average Bonchev–Trinajstić information content (AvgIpc) is 3.03. The lowest BCUT2D eigenvalue weighted by molar-refractivity contribution is -0.202. The molecule has 0 spiro atoms. The summed E-state index contributed by atoms with van der Waals surface area (Å²) in [5, 5.41) is 39.6. The maximum atomic E-state index is 11.4. The monoisotopic (exact) mass is 634 g/mol. The number of nitrogens with one attached hydrogen (secondary N) is 4. The second-order valence-corrected chi connectivity index (χ2v) is 7.77. The molecule has 0 aliphatic heterocycles. The van der Waals surface area contributed by atoms with Crippen LogP contribution in [0.25, 0.3) is 0 Å². The molecule has 0 fully saturated rings. The molecule has 0 saturated carbocycles. The molecule has 0 rings (SSSR count). The predicted octanol–water partition coefficient (Wildman–Crippen LogP) is 1.88. The van der Waals surface area contributed by atoms with E-state index in [1.165, 1.54) is 0 Å². The van der Waals surface area contributed by atoms with E-state index < -0.39 is 0 Å². The number of hydroxylamine groups is 1. The molecule has 0 bridgehead atoms. The van der Waals surface area contributed by atoms with Crippen LogP contribution in [-0.4, -0.2) is 118 Å². The highest BCUT2D eigenvalue weighted by Crippen LogP contribution is 1.87. The van der Waals surface area contributed by atoms with Gasteiger partial charge in [0, 0.05) is 56.8 Å². The van der Waals surface area contributed by atoms with E-state index >= 15 is 0 Å². The number of aliphatic hydroxyl groups is 2. The third-order valence-corrected chi connectivity index (χ3v) is 4.13. The van der Waals surface area contributed by atoms with Crippen LogP contribution in [0.2, 0.25) is 0 Å².